The molecule has 0 heterocycles. The van der Waals surface area contributed by atoms with Crippen LogP contribution in [0.3, 0.4) is 0 Å². The molecule has 228 valence electrons. The molecule has 0 aliphatic carbocycles. The molecule has 9 N–H and O–H groups in total. The Balaban J connectivity index is 1.75. The summed E-state index contributed by atoms with van der Waals surface area (Å²) < 4.78 is 0. The van der Waals surface area contributed by atoms with E-state index in [9.17, 15) is 19.5 Å². The number of hydrogen-bond acceptors (Lipinski definition) is 6. The summed E-state index contributed by atoms with van der Waals surface area (Å²) in [4.78, 5) is 40.9. The van der Waals surface area contributed by atoms with Crippen molar-refractivity contribution in [3.8, 4) is 5.75 Å². The van der Waals surface area contributed by atoms with Crippen molar-refractivity contribution in [3.63, 3.8) is 0 Å². The fraction of sp³-hybridized carbons (Fsp3) is 0.312. The average molecular weight is 588 g/mol. The zero-order valence-electron chi connectivity index (χ0n) is 24.2. The number of rotatable bonds is 15. The Morgan fingerprint density at radius 2 is 1.42 bits per heavy atom. The van der Waals surface area contributed by atoms with Crippen LogP contribution in [-0.2, 0) is 16.1 Å². The van der Waals surface area contributed by atoms with Crippen molar-refractivity contribution in [1.29, 1.82) is 5.41 Å². The minimum Gasteiger partial charge on any atom is -0.508 e. The highest BCUT2D eigenvalue weighted by atomic mass is 16.3. The first kappa shape index (κ1) is 32.6. The summed E-state index contributed by atoms with van der Waals surface area (Å²) >= 11 is 0. The number of hydrogen-bond donors (Lipinski definition) is 7. The van der Waals surface area contributed by atoms with E-state index >= 15 is 0 Å². The van der Waals surface area contributed by atoms with Crippen molar-refractivity contribution in [3.05, 3.63) is 102 Å². The minimum absolute atomic E-state index is 0.0798. The Morgan fingerprint density at radius 1 is 0.814 bits per heavy atom. The van der Waals surface area contributed by atoms with Gasteiger partial charge in [0.25, 0.3) is 0 Å². The third kappa shape index (κ3) is 10.5. The zero-order chi connectivity index (χ0) is 31.0. The number of urea groups is 1. The molecule has 0 aliphatic heterocycles. The van der Waals surface area contributed by atoms with Crippen LogP contribution in [0.5, 0.6) is 5.75 Å². The molecule has 11 heteroatoms. The minimum atomic E-state index is -0.930. The van der Waals surface area contributed by atoms with Crippen LogP contribution in [0, 0.1) is 5.41 Å². The number of benzene rings is 3. The van der Waals surface area contributed by atoms with E-state index in [0.717, 1.165) is 28.0 Å². The number of carbonyl (C=O) groups excluding carboxylic acids is 3. The van der Waals surface area contributed by atoms with Gasteiger partial charge in [-0.1, -0.05) is 72.8 Å². The number of aromatic hydroxyl groups is 1. The highest BCUT2D eigenvalue weighted by molar-refractivity contribution is 5.94. The summed E-state index contributed by atoms with van der Waals surface area (Å²) in [5.74, 6) is -1.69. The molecule has 4 amide bonds. The van der Waals surface area contributed by atoms with Gasteiger partial charge in [-0.05, 0) is 61.1 Å². The third-order valence-corrected chi connectivity index (χ3v) is 6.88. The Morgan fingerprint density at radius 3 is 1.98 bits per heavy atom. The maximum absolute atomic E-state index is 13.8. The molecule has 0 radical (unpaired) electrons. The van der Waals surface area contributed by atoms with Crippen LogP contribution in [-0.4, -0.2) is 59.5 Å². The molecule has 11 nitrogen and oxygen atoms in total. The normalized spacial score (nSPS) is 11.4. The van der Waals surface area contributed by atoms with Crippen LogP contribution in [0.15, 0.2) is 84.9 Å². The van der Waals surface area contributed by atoms with Gasteiger partial charge in [0.05, 0.1) is 5.92 Å². The lowest BCUT2D eigenvalue weighted by Gasteiger charge is -2.25. The molecule has 3 rings (SSSR count). The molecule has 3 aromatic rings. The summed E-state index contributed by atoms with van der Waals surface area (Å²) in [5, 5.41) is 25.9. The SMILES string of the molecule is N=C(N)N(CCC[C@@H](NC(=O)C(c1ccccc1)c1ccccc1)C(=O)NCc1ccc(O)cc1)C(=O)NCCCCN. The van der Waals surface area contributed by atoms with E-state index in [2.05, 4.69) is 16.0 Å². The highest BCUT2D eigenvalue weighted by Gasteiger charge is 2.28. The van der Waals surface area contributed by atoms with E-state index in [4.69, 9.17) is 16.9 Å². The van der Waals surface area contributed by atoms with Gasteiger partial charge >= 0.3 is 6.03 Å². The molecule has 0 aromatic heterocycles. The van der Waals surface area contributed by atoms with Crippen molar-refractivity contribution in [2.75, 3.05) is 19.6 Å². The molecule has 1 atom stereocenters. The van der Waals surface area contributed by atoms with E-state index in [1.165, 1.54) is 12.1 Å². The summed E-state index contributed by atoms with van der Waals surface area (Å²) in [5.41, 5.74) is 13.5. The number of guanidine groups is 1. The lowest BCUT2D eigenvalue weighted by atomic mass is 9.90. The molecular formula is C32H41N7O4. The molecule has 0 fully saturated rings. The van der Waals surface area contributed by atoms with Gasteiger partial charge in [-0.25, -0.2) is 4.79 Å². The maximum Gasteiger partial charge on any atom is 0.324 e. The quantitative estimate of drug-likeness (QED) is 0.0813. The van der Waals surface area contributed by atoms with Crippen molar-refractivity contribution in [2.45, 2.75) is 44.2 Å². The number of nitrogens with zero attached hydrogens (tertiary/aromatic N) is 1. The van der Waals surface area contributed by atoms with E-state index in [-0.39, 0.29) is 37.6 Å². The molecule has 0 bridgehead atoms. The summed E-state index contributed by atoms with van der Waals surface area (Å²) in [6.07, 6.45) is 1.93. The molecule has 43 heavy (non-hydrogen) atoms. The van der Waals surface area contributed by atoms with Crippen LogP contribution in [0.4, 0.5) is 4.79 Å². The predicted octanol–water partition coefficient (Wildman–Crippen LogP) is 2.75. The smallest absolute Gasteiger partial charge is 0.324 e. The largest absolute Gasteiger partial charge is 0.508 e. The number of carbonyl (C=O) groups is 3. The second-order valence-corrected chi connectivity index (χ2v) is 10.1. The second-order valence-electron chi connectivity index (χ2n) is 10.1. The monoisotopic (exact) mass is 587 g/mol. The van der Waals surface area contributed by atoms with Gasteiger partial charge in [-0.15, -0.1) is 0 Å². The topological polar surface area (TPSA) is 187 Å². The molecule has 0 saturated heterocycles. The van der Waals surface area contributed by atoms with E-state index in [1.54, 1.807) is 12.1 Å². The summed E-state index contributed by atoms with van der Waals surface area (Å²) in [6.45, 7) is 1.19. The predicted molar refractivity (Wildman–Crippen MR) is 166 cm³/mol. The van der Waals surface area contributed by atoms with Gasteiger partial charge in [0.2, 0.25) is 11.8 Å². The van der Waals surface area contributed by atoms with Gasteiger partial charge in [0.1, 0.15) is 11.8 Å². The first-order valence-electron chi connectivity index (χ1n) is 14.4. The van der Waals surface area contributed by atoms with Crippen molar-refractivity contribution < 1.29 is 19.5 Å². The molecule has 0 aliphatic rings. The Kier molecular flexibility index (Phi) is 13.0. The second kappa shape index (κ2) is 17.1. The first-order valence-corrected chi connectivity index (χ1v) is 14.4. The Hall–Kier alpha value is -4.90. The highest BCUT2D eigenvalue weighted by Crippen LogP contribution is 2.25. The molecule has 3 aromatic carbocycles. The van der Waals surface area contributed by atoms with Gasteiger partial charge in [-0.2, -0.15) is 0 Å². The zero-order valence-corrected chi connectivity index (χ0v) is 24.2. The number of phenolic OH excluding ortho intramolecular Hbond substituents is 1. The maximum atomic E-state index is 13.8. The Bertz CT molecular complexity index is 1280. The van der Waals surface area contributed by atoms with Crippen molar-refractivity contribution in [1.82, 2.24) is 20.9 Å². The van der Waals surface area contributed by atoms with Crippen molar-refractivity contribution >= 4 is 23.8 Å². The van der Waals surface area contributed by atoms with Crippen LogP contribution in [0.2, 0.25) is 0 Å². The molecular weight excluding hydrogens is 546 g/mol. The fourth-order valence-corrected chi connectivity index (χ4v) is 4.58. The molecule has 0 saturated carbocycles. The van der Waals surface area contributed by atoms with Crippen LogP contribution in [0.1, 0.15) is 48.3 Å². The van der Waals surface area contributed by atoms with Crippen LogP contribution in [0.25, 0.3) is 0 Å². The average Bonchev–Trinajstić information content (AvgIpc) is 3.01. The lowest BCUT2D eigenvalue weighted by Crippen LogP contribution is -2.50. The number of amides is 4. The number of unbranched alkanes of at least 4 members (excludes halogenated alkanes) is 1. The van der Waals surface area contributed by atoms with Crippen LogP contribution < -0.4 is 27.4 Å². The third-order valence-electron chi connectivity index (χ3n) is 6.88. The molecule has 0 spiro atoms. The lowest BCUT2D eigenvalue weighted by molar-refractivity contribution is -0.129. The summed E-state index contributed by atoms with van der Waals surface area (Å²) in [6, 6.07) is 23.7. The van der Waals surface area contributed by atoms with E-state index in [1.807, 2.05) is 60.7 Å². The number of nitrogens with one attached hydrogen (secondary N) is 4. The Labute approximate surface area is 252 Å². The van der Waals surface area contributed by atoms with Gasteiger partial charge in [-0.3, -0.25) is 19.9 Å². The van der Waals surface area contributed by atoms with Gasteiger partial charge in [0, 0.05) is 19.6 Å². The van der Waals surface area contributed by atoms with Crippen LogP contribution >= 0.6 is 0 Å². The standard InChI is InChI=1S/C32H41N7O4/c33-19-7-8-20-36-32(43)39(31(34)35)21-9-14-27(29(41)37-22-23-15-17-26(40)18-16-23)38-30(42)28(24-10-3-1-4-11-24)25-12-5-2-6-13-25/h1-6,10-13,15-18,27-28,40H,7-9,14,19-22,33H2,(H3,34,35)(H,36,43)(H,37,41)(H,38,42)/t27-/m1/s1. The number of phenols is 1. The van der Waals surface area contributed by atoms with Gasteiger partial charge < -0.3 is 32.5 Å². The van der Waals surface area contributed by atoms with E-state index in [0.29, 0.717) is 19.5 Å². The first-order chi connectivity index (χ1) is 20.8. The fourth-order valence-electron chi connectivity index (χ4n) is 4.58. The van der Waals surface area contributed by atoms with E-state index < -0.39 is 29.9 Å². The summed E-state index contributed by atoms with van der Waals surface area (Å²) in [7, 11) is 0. The molecule has 0 unspecified atom stereocenters. The number of nitrogens with two attached hydrogens (primary N) is 2. The van der Waals surface area contributed by atoms with Crippen molar-refractivity contribution in [2.24, 2.45) is 11.5 Å². The van der Waals surface area contributed by atoms with Gasteiger partial charge in [0.15, 0.2) is 5.96 Å².